The van der Waals surface area contributed by atoms with Crippen LogP contribution in [0.15, 0.2) is 11.1 Å². The molecule has 1 aliphatic heterocycles. The van der Waals surface area contributed by atoms with Crippen LogP contribution in [0, 0.1) is 5.92 Å². The highest BCUT2D eigenvalue weighted by Crippen LogP contribution is 2.24. The first-order chi connectivity index (χ1) is 8.09. The average molecular weight is 236 g/mol. The Labute approximate surface area is 98.8 Å². The second-order valence-electron chi connectivity index (χ2n) is 4.36. The lowest BCUT2D eigenvalue weighted by atomic mass is 9.94. The fourth-order valence-corrected chi connectivity index (χ4v) is 2.15. The largest absolute Gasteiger partial charge is 0.391 e. The molecule has 2 rings (SSSR count). The van der Waals surface area contributed by atoms with Gasteiger partial charge in [0.05, 0.1) is 6.33 Å². The number of piperidine rings is 1. The summed E-state index contributed by atoms with van der Waals surface area (Å²) in [5.41, 5.74) is 5.49. The predicted molar refractivity (Wildman–Crippen MR) is 64.9 cm³/mol. The summed E-state index contributed by atoms with van der Waals surface area (Å²) in [4.78, 5) is 31.2. The van der Waals surface area contributed by atoms with E-state index in [1.807, 2.05) is 4.90 Å². The lowest BCUT2D eigenvalue weighted by Crippen LogP contribution is -2.39. The number of aromatic amines is 1. The number of ketones is 1. The number of nitrogen functional groups attached to an aromatic ring is 1. The van der Waals surface area contributed by atoms with Crippen molar-refractivity contribution in [2.75, 3.05) is 23.7 Å². The number of anilines is 2. The van der Waals surface area contributed by atoms with Crippen molar-refractivity contribution in [1.82, 2.24) is 9.97 Å². The minimum Gasteiger partial charge on any atom is -0.391 e. The Morgan fingerprint density at radius 2 is 2.41 bits per heavy atom. The number of carbonyl (C=O) groups is 1. The summed E-state index contributed by atoms with van der Waals surface area (Å²) in [7, 11) is 0. The molecule has 0 bridgehead atoms. The van der Waals surface area contributed by atoms with E-state index in [1.54, 1.807) is 6.92 Å². The van der Waals surface area contributed by atoms with E-state index >= 15 is 0 Å². The van der Waals surface area contributed by atoms with Crippen molar-refractivity contribution in [3.05, 3.63) is 16.7 Å². The van der Waals surface area contributed by atoms with Crippen molar-refractivity contribution in [1.29, 1.82) is 0 Å². The van der Waals surface area contributed by atoms with Crippen LogP contribution in [0.3, 0.4) is 0 Å². The lowest BCUT2D eigenvalue weighted by molar-refractivity contribution is -0.120. The van der Waals surface area contributed by atoms with Gasteiger partial charge in [-0.2, -0.15) is 0 Å². The van der Waals surface area contributed by atoms with Crippen LogP contribution >= 0.6 is 0 Å². The number of aromatic nitrogens is 2. The van der Waals surface area contributed by atoms with Crippen LogP contribution in [0.4, 0.5) is 11.5 Å². The molecule has 1 fully saturated rings. The van der Waals surface area contributed by atoms with Crippen LogP contribution in [0.2, 0.25) is 0 Å². The number of hydrogen-bond acceptors (Lipinski definition) is 5. The number of nitrogens with zero attached hydrogens (tertiary/aromatic N) is 2. The fourth-order valence-electron chi connectivity index (χ4n) is 2.15. The van der Waals surface area contributed by atoms with Crippen molar-refractivity contribution in [2.45, 2.75) is 19.8 Å². The fraction of sp³-hybridized carbons (Fsp3) is 0.545. The number of nitrogens with two attached hydrogens (primary N) is 1. The maximum Gasteiger partial charge on any atom is 0.276 e. The van der Waals surface area contributed by atoms with Crippen LogP contribution in [-0.4, -0.2) is 28.8 Å². The number of H-pyrrole nitrogens is 1. The highest BCUT2D eigenvalue weighted by molar-refractivity contribution is 5.79. The van der Waals surface area contributed by atoms with E-state index in [-0.39, 0.29) is 22.9 Å². The first-order valence-corrected chi connectivity index (χ1v) is 5.68. The molecule has 1 aliphatic rings. The second-order valence-corrected chi connectivity index (χ2v) is 4.36. The summed E-state index contributed by atoms with van der Waals surface area (Å²) >= 11 is 0. The van der Waals surface area contributed by atoms with Gasteiger partial charge in [0, 0.05) is 19.0 Å². The van der Waals surface area contributed by atoms with Crippen LogP contribution in [0.5, 0.6) is 0 Å². The molecule has 6 nitrogen and oxygen atoms in total. The standard InChI is InChI=1S/C11H16N4O2/c1-7(16)8-3-2-4-15(5-8)10-9(12)11(17)14-6-13-10/h6,8H,2-5,12H2,1H3,(H,13,14,17). The van der Waals surface area contributed by atoms with Crippen LogP contribution in [-0.2, 0) is 4.79 Å². The van der Waals surface area contributed by atoms with Gasteiger partial charge in [0.1, 0.15) is 11.5 Å². The van der Waals surface area contributed by atoms with Crippen LogP contribution < -0.4 is 16.2 Å². The molecule has 2 heterocycles. The van der Waals surface area contributed by atoms with Crippen molar-refractivity contribution in [3.63, 3.8) is 0 Å². The van der Waals surface area contributed by atoms with Crippen molar-refractivity contribution in [2.24, 2.45) is 5.92 Å². The molecule has 1 unspecified atom stereocenters. The number of hydrogen-bond donors (Lipinski definition) is 2. The zero-order valence-electron chi connectivity index (χ0n) is 9.77. The lowest BCUT2D eigenvalue weighted by Gasteiger charge is -2.32. The summed E-state index contributed by atoms with van der Waals surface area (Å²) in [6.07, 6.45) is 3.15. The molecule has 0 saturated carbocycles. The van der Waals surface area contributed by atoms with Gasteiger partial charge >= 0.3 is 0 Å². The third-order valence-electron chi connectivity index (χ3n) is 3.16. The molecule has 1 aromatic heterocycles. The van der Waals surface area contributed by atoms with E-state index in [9.17, 15) is 9.59 Å². The molecule has 3 N–H and O–H groups in total. The monoisotopic (exact) mass is 236 g/mol. The number of Topliss-reactive ketones (excluding diaryl/α,β-unsaturated/α-hetero) is 1. The number of carbonyl (C=O) groups excluding carboxylic acids is 1. The molecule has 0 aliphatic carbocycles. The summed E-state index contributed by atoms with van der Waals surface area (Å²) in [5.74, 6) is 0.682. The molecule has 0 amide bonds. The Balaban J connectivity index is 2.25. The van der Waals surface area contributed by atoms with Crippen LogP contribution in [0.25, 0.3) is 0 Å². The molecular formula is C11H16N4O2. The zero-order valence-corrected chi connectivity index (χ0v) is 9.77. The molecule has 0 aromatic carbocycles. The topological polar surface area (TPSA) is 92.1 Å². The highest BCUT2D eigenvalue weighted by Gasteiger charge is 2.25. The summed E-state index contributed by atoms with van der Waals surface area (Å²) < 4.78 is 0. The molecule has 0 radical (unpaired) electrons. The van der Waals surface area contributed by atoms with E-state index in [0.29, 0.717) is 12.4 Å². The summed E-state index contributed by atoms with van der Waals surface area (Å²) in [6.45, 7) is 2.98. The zero-order chi connectivity index (χ0) is 12.4. The van der Waals surface area contributed by atoms with Crippen molar-refractivity contribution < 1.29 is 4.79 Å². The quantitative estimate of drug-likeness (QED) is 0.763. The first kappa shape index (κ1) is 11.6. The van der Waals surface area contributed by atoms with Gasteiger partial charge in [0.15, 0.2) is 5.82 Å². The summed E-state index contributed by atoms with van der Waals surface area (Å²) in [6, 6.07) is 0. The van der Waals surface area contributed by atoms with E-state index in [1.165, 1.54) is 6.33 Å². The third kappa shape index (κ3) is 2.30. The van der Waals surface area contributed by atoms with E-state index in [0.717, 1.165) is 19.4 Å². The van der Waals surface area contributed by atoms with Gasteiger partial charge in [-0.05, 0) is 19.8 Å². The van der Waals surface area contributed by atoms with Gasteiger partial charge < -0.3 is 15.6 Å². The maximum atomic E-state index is 11.4. The normalized spacial score (nSPS) is 20.3. The SMILES string of the molecule is CC(=O)C1CCCN(c2nc[nH]c(=O)c2N)C1. The molecule has 1 atom stereocenters. The van der Waals surface area contributed by atoms with E-state index in [4.69, 9.17) is 5.73 Å². The Morgan fingerprint density at radius 3 is 3.12 bits per heavy atom. The van der Waals surface area contributed by atoms with Crippen LogP contribution in [0.1, 0.15) is 19.8 Å². The minimum absolute atomic E-state index is 0.0178. The molecule has 17 heavy (non-hydrogen) atoms. The van der Waals surface area contributed by atoms with E-state index in [2.05, 4.69) is 9.97 Å². The Hall–Kier alpha value is -1.85. The van der Waals surface area contributed by atoms with Gasteiger partial charge in [0.25, 0.3) is 5.56 Å². The first-order valence-electron chi connectivity index (χ1n) is 5.68. The van der Waals surface area contributed by atoms with Gasteiger partial charge in [-0.25, -0.2) is 4.98 Å². The Morgan fingerprint density at radius 1 is 1.65 bits per heavy atom. The van der Waals surface area contributed by atoms with Gasteiger partial charge in [-0.3, -0.25) is 9.59 Å². The number of rotatable bonds is 2. The van der Waals surface area contributed by atoms with Gasteiger partial charge in [-0.1, -0.05) is 0 Å². The highest BCUT2D eigenvalue weighted by atomic mass is 16.1. The smallest absolute Gasteiger partial charge is 0.276 e. The van der Waals surface area contributed by atoms with E-state index < -0.39 is 0 Å². The molecule has 1 aromatic rings. The van der Waals surface area contributed by atoms with Gasteiger partial charge in [0.2, 0.25) is 0 Å². The Bertz CT molecular complexity index is 483. The van der Waals surface area contributed by atoms with Crippen molar-refractivity contribution >= 4 is 17.3 Å². The second kappa shape index (κ2) is 4.57. The minimum atomic E-state index is -0.333. The summed E-state index contributed by atoms with van der Waals surface area (Å²) in [5, 5.41) is 0. The molecule has 92 valence electrons. The number of nitrogens with one attached hydrogen (secondary N) is 1. The third-order valence-corrected chi connectivity index (χ3v) is 3.16. The molecule has 6 heteroatoms. The van der Waals surface area contributed by atoms with Crippen molar-refractivity contribution in [3.8, 4) is 0 Å². The van der Waals surface area contributed by atoms with Gasteiger partial charge in [-0.15, -0.1) is 0 Å². The average Bonchev–Trinajstić information content (AvgIpc) is 2.33. The predicted octanol–water partition coefficient (Wildman–Crippen LogP) is 0.158. The molecule has 1 saturated heterocycles. The Kier molecular flexibility index (Phi) is 3.12. The molecular weight excluding hydrogens is 220 g/mol. The maximum absolute atomic E-state index is 11.4. The molecule has 0 spiro atoms.